The zero-order valence-electron chi connectivity index (χ0n) is 16.0. The molecule has 0 bridgehead atoms. The van der Waals surface area contributed by atoms with Gasteiger partial charge in [-0.25, -0.2) is 0 Å². The molecule has 5 aromatic rings. The minimum atomic E-state index is 0.480. The standard InChI is InChI=1S/C26H21NO/c1-17(2)19-12-13-27-24(14-19)21-9-11-23-22-10-8-20(18-6-4-3-5-7-18)15-25(22)28-26(23)16-21/h3-17H,1-2H3. The SMILES string of the molecule is CC(C)c1ccnc(-c2ccc3c(c2)oc2cc(-c4ccccc4)ccc23)c1. The summed E-state index contributed by atoms with van der Waals surface area (Å²) >= 11 is 0. The molecule has 3 aromatic carbocycles. The number of hydrogen-bond acceptors (Lipinski definition) is 2. The van der Waals surface area contributed by atoms with E-state index in [9.17, 15) is 0 Å². The summed E-state index contributed by atoms with van der Waals surface area (Å²) in [6.07, 6.45) is 1.89. The van der Waals surface area contributed by atoms with Gasteiger partial charge in [-0.05, 0) is 59.0 Å². The van der Waals surface area contributed by atoms with E-state index in [-0.39, 0.29) is 0 Å². The first-order valence-electron chi connectivity index (χ1n) is 9.67. The summed E-state index contributed by atoms with van der Waals surface area (Å²) < 4.78 is 6.23. The molecule has 5 rings (SSSR count). The van der Waals surface area contributed by atoms with Crippen molar-refractivity contribution in [1.82, 2.24) is 4.98 Å². The summed E-state index contributed by atoms with van der Waals surface area (Å²) in [6.45, 7) is 4.40. The van der Waals surface area contributed by atoms with Gasteiger partial charge in [-0.1, -0.05) is 56.3 Å². The Labute approximate surface area is 164 Å². The average molecular weight is 363 g/mol. The fourth-order valence-electron chi connectivity index (χ4n) is 3.71. The van der Waals surface area contributed by atoms with Crippen molar-refractivity contribution in [1.29, 1.82) is 0 Å². The third kappa shape index (κ3) is 2.87. The molecule has 0 atom stereocenters. The molecular weight excluding hydrogens is 342 g/mol. The number of fused-ring (bicyclic) bond motifs is 3. The van der Waals surface area contributed by atoms with Crippen molar-refractivity contribution in [2.75, 3.05) is 0 Å². The van der Waals surface area contributed by atoms with Crippen LogP contribution in [0.4, 0.5) is 0 Å². The number of furan rings is 1. The van der Waals surface area contributed by atoms with Crippen LogP contribution >= 0.6 is 0 Å². The van der Waals surface area contributed by atoms with E-state index < -0.39 is 0 Å². The molecule has 2 nitrogen and oxygen atoms in total. The number of hydrogen-bond donors (Lipinski definition) is 0. The normalized spacial score (nSPS) is 11.5. The fourth-order valence-corrected chi connectivity index (χ4v) is 3.71. The number of benzene rings is 3. The lowest BCUT2D eigenvalue weighted by atomic mass is 10.0. The van der Waals surface area contributed by atoms with Crippen LogP contribution in [0.25, 0.3) is 44.3 Å². The Bertz CT molecular complexity index is 1280. The van der Waals surface area contributed by atoms with Crippen molar-refractivity contribution in [2.45, 2.75) is 19.8 Å². The highest BCUT2D eigenvalue weighted by Gasteiger charge is 2.11. The Morgan fingerprint density at radius 3 is 2.07 bits per heavy atom. The second-order valence-electron chi connectivity index (χ2n) is 7.52. The molecule has 0 saturated heterocycles. The average Bonchev–Trinajstić information content (AvgIpc) is 3.11. The lowest BCUT2D eigenvalue weighted by Gasteiger charge is -2.07. The molecule has 0 unspecified atom stereocenters. The summed E-state index contributed by atoms with van der Waals surface area (Å²) in [7, 11) is 0. The van der Waals surface area contributed by atoms with Crippen LogP contribution in [0.5, 0.6) is 0 Å². The molecule has 28 heavy (non-hydrogen) atoms. The van der Waals surface area contributed by atoms with E-state index in [1.807, 2.05) is 12.3 Å². The molecule has 0 radical (unpaired) electrons. The maximum atomic E-state index is 6.23. The monoisotopic (exact) mass is 363 g/mol. The van der Waals surface area contributed by atoms with E-state index in [4.69, 9.17) is 4.42 Å². The lowest BCUT2D eigenvalue weighted by molar-refractivity contribution is 0.669. The van der Waals surface area contributed by atoms with Crippen LogP contribution in [-0.2, 0) is 0 Å². The smallest absolute Gasteiger partial charge is 0.136 e. The van der Waals surface area contributed by atoms with E-state index in [2.05, 4.69) is 91.6 Å². The highest BCUT2D eigenvalue weighted by Crippen LogP contribution is 2.34. The summed E-state index contributed by atoms with van der Waals surface area (Å²) in [6, 6.07) is 27.5. The molecule has 136 valence electrons. The van der Waals surface area contributed by atoms with E-state index in [1.54, 1.807) is 0 Å². The third-order valence-corrected chi connectivity index (χ3v) is 5.33. The molecule has 0 aliphatic rings. The van der Waals surface area contributed by atoms with Gasteiger partial charge in [0, 0.05) is 22.5 Å². The van der Waals surface area contributed by atoms with Gasteiger partial charge in [0.1, 0.15) is 11.2 Å². The van der Waals surface area contributed by atoms with Gasteiger partial charge in [0.15, 0.2) is 0 Å². The van der Waals surface area contributed by atoms with Crippen LogP contribution in [0.2, 0.25) is 0 Å². The van der Waals surface area contributed by atoms with Crippen LogP contribution in [0.15, 0.2) is 89.5 Å². The van der Waals surface area contributed by atoms with Crippen LogP contribution in [0.1, 0.15) is 25.3 Å². The van der Waals surface area contributed by atoms with Crippen LogP contribution in [-0.4, -0.2) is 4.98 Å². The van der Waals surface area contributed by atoms with Crippen molar-refractivity contribution in [2.24, 2.45) is 0 Å². The van der Waals surface area contributed by atoms with Crippen LogP contribution in [0, 0.1) is 0 Å². The Hall–Kier alpha value is -3.39. The Morgan fingerprint density at radius 1 is 0.679 bits per heavy atom. The highest BCUT2D eigenvalue weighted by atomic mass is 16.3. The molecule has 2 heteroatoms. The summed E-state index contributed by atoms with van der Waals surface area (Å²) in [4.78, 5) is 4.56. The molecule has 0 aliphatic carbocycles. The molecular formula is C26H21NO. The quantitative estimate of drug-likeness (QED) is 0.333. The first kappa shape index (κ1) is 16.8. The van der Waals surface area contributed by atoms with Gasteiger partial charge in [0.05, 0.1) is 5.69 Å². The Balaban J connectivity index is 1.62. The van der Waals surface area contributed by atoms with Gasteiger partial charge >= 0.3 is 0 Å². The molecule has 0 spiro atoms. The second-order valence-corrected chi connectivity index (χ2v) is 7.52. The Kier molecular flexibility index (Phi) is 3.98. The second kappa shape index (κ2) is 6.65. The minimum Gasteiger partial charge on any atom is -0.456 e. The van der Waals surface area contributed by atoms with E-state index in [1.165, 1.54) is 16.7 Å². The van der Waals surface area contributed by atoms with Gasteiger partial charge in [0.2, 0.25) is 0 Å². The van der Waals surface area contributed by atoms with Crippen molar-refractivity contribution < 1.29 is 4.42 Å². The number of nitrogens with zero attached hydrogens (tertiary/aromatic N) is 1. The van der Waals surface area contributed by atoms with Crippen molar-refractivity contribution >= 4 is 21.9 Å². The van der Waals surface area contributed by atoms with Crippen LogP contribution < -0.4 is 0 Å². The topological polar surface area (TPSA) is 26.0 Å². The molecule has 0 fully saturated rings. The summed E-state index contributed by atoms with van der Waals surface area (Å²) in [5.74, 6) is 0.480. The van der Waals surface area contributed by atoms with Crippen LogP contribution in [0.3, 0.4) is 0 Å². The molecule has 2 aromatic heterocycles. The molecule has 0 N–H and O–H groups in total. The fraction of sp³-hybridized carbons (Fsp3) is 0.115. The molecule has 0 saturated carbocycles. The largest absolute Gasteiger partial charge is 0.456 e. The summed E-state index contributed by atoms with van der Waals surface area (Å²) in [5, 5.41) is 2.28. The molecule has 0 aliphatic heterocycles. The van der Waals surface area contributed by atoms with Gasteiger partial charge < -0.3 is 4.42 Å². The van der Waals surface area contributed by atoms with Gasteiger partial charge in [-0.3, -0.25) is 4.98 Å². The first-order chi connectivity index (χ1) is 13.7. The predicted octanol–water partition coefficient (Wildman–Crippen LogP) is 7.44. The molecule has 2 heterocycles. The van der Waals surface area contributed by atoms with Gasteiger partial charge in [0.25, 0.3) is 0 Å². The van der Waals surface area contributed by atoms with Crippen molar-refractivity contribution in [3.05, 3.63) is 90.6 Å². The zero-order chi connectivity index (χ0) is 19.1. The molecule has 0 amide bonds. The van der Waals surface area contributed by atoms with Crippen molar-refractivity contribution in [3.8, 4) is 22.4 Å². The van der Waals surface area contributed by atoms with E-state index >= 15 is 0 Å². The lowest BCUT2D eigenvalue weighted by Crippen LogP contribution is -1.90. The number of rotatable bonds is 3. The zero-order valence-corrected chi connectivity index (χ0v) is 16.0. The summed E-state index contributed by atoms with van der Waals surface area (Å²) in [5.41, 5.74) is 7.53. The predicted molar refractivity (Wildman–Crippen MR) is 116 cm³/mol. The Morgan fingerprint density at radius 2 is 1.36 bits per heavy atom. The van der Waals surface area contributed by atoms with E-state index in [0.717, 1.165) is 33.2 Å². The number of aromatic nitrogens is 1. The van der Waals surface area contributed by atoms with Crippen molar-refractivity contribution in [3.63, 3.8) is 0 Å². The maximum absolute atomic E-state index is 6.23. The highest BCUT2D eigenvalue weighted by molar-refractivity contribution is 6.06. The first-order valence-corrected chi connectivity index (χ1v) is 9.67. The maximum Gasteiger partial charge on any atom is 0.136 e. The van der Waals surface area contributed by atoms with Gasteiger partial charge in [-0.2, -0.15) is 0 Å². The minimum absolute atomic E-state index is 0.480. The van der Waals surface area contributed by atoms with Gasteiger partial charge in [-0.15, -0.1) is 0 Å². The van der Waals surface area contributed by atoms with E-state index in [0.29, 0.717) is 5.92 Å². The third-order valence-electron chi connectivity index (χ3n) is 5.33. The number of pyridine rings is 1.